The number of ketones is 1. The molecule has 12 nitrogen and oxygen atoms in total. The summed E-state index contributed by atoms with van der Waals surface area (Å²) in [4.78, 5) is 46.6. The zero-order chi connectivity index (χ0) is 45.1. The first-order valence-corrected chi connectivity index (χ1v) is 21.4. The molecule has 2 aliphatic rings. The van der Waals surface area contributed by atoms with Crippen molar-refractivity contribution in [1.82, 2.24) is 15.1 Å². The summed E-state index contributed by atoms with van der Waals surface area (Å²) < 4.78 is 77.9. The van der Waals surface area contributed by atoms with E-state index in [2.05, 4.69) is 10.2 Å². The number of cyclic esters (lactones) is 1. The Bertz CT molecular complexity index is 1680. The Hall–Kier alpha value is -3.44. The molecule has 1 unspecified atom stereocenters. The Morgan fingerprint density at radius 3 is 2.25 bits per heavy atom. The molecule has 2 aromatic carbocycles. The summed E-state index contributed by atoms with van der Waals surface area (Å²) in [5, 5.41) is 2.49. The van der Waals surface area contributed by atoms with Crippen molar-refractivity contribution in [3.8, 4) is 0 Å². The Balaban J connectivity index is 1.73. The van der Waals surface area contributed by atoms with Crippen LogP contribution in [0.5, 0.6) is 0 Å². The minimum Gasteiger partial charge on any atom is -0.463 e. The molecule has 1 N–H and O–H groups in total. The number of benzene rings is 2. The van der Waals surface area contributed by atoms with Crippen LogP contribution in [0.4, 0.5) is 13.2 Å². The van der Waals surface area contributed by atoms with Crippen molar-refractivity contribution in [2.45, 2.75) is 129 Å². The largest absolute Gasteiger partial charge is 0.463 e. The van der Waals surface area contributed by atoms with E-state index in [4.69, 9.17) is 28.4 Å². The number of methoxy groups -OCH3 is 1. The summed E-state index contributed by atoms with van der Waals surface area (Å²) in [6, 6.07) is 17.2. The molecule has 0 bridgehead atoms. The number of esters is 2. The highest BCUT2D eigenvalue weighted by molar-refractivity contribution is 6.04. The van der Waals surface area contributed by atoms with Gasteiger partial charge in [-0.15, -0.1) is 0 Å². The third kappa shape index (κ3) is 13.8. The Kier molecular flexibility index (Phi) is 18.3. The molecule has 0 spiro atoms. The normalized spacial score (nSPS) is 30.1. The van der Waals surface area contributed by atoms with Crippen LogP contribution in [0.25, 0.3) is 0 Å². The van der Waals surface area contributed by atoms with Crippen LogP contribution in [0.1, 0.15) is 83.7 Å². The van der Waals surface area contributed by atoms with E-state index in [1.807, 2.05) is 83.1 Å². The van der Waals surface area contributed by atoms with Gasteiger partial charge in [0.05, 0.1) is 54.7 Å². The van der Waals surface area contributed by atoms with Gasteiger partial charge in [-0.1, -0.05) is 69.3 Å². The van der Waals surface area contributed by atoms with Crippen molar-refractivity contribution in [3.05, 3.63) is 71.8 Å². The molecule has 0 radical (unpaired) electrons. The topological polar surface area (TPSA) is 125 Å². The maximum absolute atomic E-state index is 14.7. The molecule has 2 aromatic rings. The Morgan fingerprint density at radius 1 is 1.02 bits per heavy atom. The lowest BCUT2D eigenvalue weighted by Gasteiger charge is -2.48. The van der Waals surface area contributed by atoms with Gasteiger partial charge in [-0.3, -0.25) is 14.5 Å². The van der Waals surface area contributed by atoms with Gasteiger partial charge in [0, 0.05) is 19.6 Å². The first kappa shape index (κ1) is 50.2. The van der Waals surface area contributed by atoms with Gasteiger partial charge in [-0.05, 0) is 97.8 Å². The van der Waals surface area contributed by atoms with E-state index in [1.165, 1.54) is 13.8 Å². The number of nitrogens with one attached hydrogen (secondary N) is 1. The first-order chi connectivity index (χ1) is 28.7. The molecule has 2 saturated heterocycles. The second-order valence-corrected chi connectivity index (χ2v) is 17.6. The smallest absolute Gasteiger partial charge is 0.401 e. The molecule has 2 heterocycles. The minimum atomic E-state index is -4.39. The quantitative estimate of drug-likeness (QED) is 0.116. The highest BCUT2D eigenvalue weighted by Gasteiger charge is 2.52. The van der Waals surface area contributed by atoms with E-state index < -0.39 is 78.0 Å². The van der Waals surface area contributed by atoms with Gasteiger partial charge in [-0.25, -0.2) is 4.79 Å². The first-order valence-electron chi connectivity index (χ1n) is 21.4. The van der Waals surface area contributed by atoms with Crippen LogP contribution >= 0.6 is 0 Å². The maximum atomic E-state index is 14.7. The molecule has 342 valence electrons. The van der Waals surface area contributed by atoms with Gasteiger partial charge in [0.1, 0.15) is 12.0 Å². The third-order valence-electron chi connectivity index (χ3n) is 12.1. The van der Waals surface area contributed by atoms with Crippen LogP contribution in [0.3, 0.4) is 0 Å². The number of hydrogen-bond acceptors (Lipinski definition) is 12. The van der Waals surface area contributed by atoms with Gasteiger partial charge in [0.2, 0.25) is 0 Å². The predicted octanol–water partition coefficient (Wildman–Crippen LogP) is 6.70. The van der Waals surface area contributed by atoms with Crippen molar-refractivity contribution in [2.24, 2.45) is 17.3 Å². The van der Waals surface area contributed by atoms with Crippen LogP contribution in [0.2, 0.25) is 0 Å². The van der Waals surface area contributed by atoms with Gasteiger partial charge in [0.25, 0.3) is 0 Å². The third-order valence-corrected chi connectivity index (χ3v) is 12.1. The molecule has 15 heteroatoms. The number of carbonyl (C=O) groups is 3. The maximum Gasteiger partial charge on any atom is 0.401 e. The molecule has 0 aliphatic carbocycles. The summed E-state index contributed by atoms with van der Waals surface area (Å²) in [5.41, 5.74) is -1.59. The molecule has 0 saturated carbocycles. The molecular formula is C46H68F3N3O9. The van der Waals surface area contributed by atoms with Crippen LogP contribution in [0.15, 0.2) is 60.7 Å². The number of carbonyl (C=O) groups excluding carboxylic acids is 3. The van der Waals surface area contributed by atoms with E-state index in [0.29, 0.717) is 31.5 Å². The highest BCUT2D eigenvalue weighted by atomic mass is 19.4. The molecule has 61 heavy (non-hydrogen) atoms. The average molecular weight is 864 g/mol. The molecule has 0 aromatic heterocycles. The monoisotopic (exact) mass is 863 g/mol. The Morgan fingerprint density at radius 2 is 1.66 bits per heavy atom. The van der Waals surface area contributed by atoms with Gasteiger partial charge < -0.3 is 38.6 Å². The lowest BCUT2D eigenvalue weighted by molar-refractivity contribution is -0.295. The number of nitrogens with zero attached hydrogens (tertiary/aromatic N) is 2. The lowest BCUT2D eigenvalue weighted by Crippen LogP contribution is -2.60. The molecule has 2 aliphatic heterocycles. The lowest BCUT2D eigenvalue weighted by atomic mass is 9.74. The van der Waals surface area contributed by atoms with Gasteiger partial charge >= 0.3 is 18.1 Å². The summed E-state index contributed by atoms with van der Waals surface area (Å²) in [6.45, 7) is 12.3. The Labute approximate surface area is 360 Å². The highest BCUT2D eigenvalue weighted by Crippen LogP contribution is 2.39. The average Bonchev–Trinajstić information content (AvgIpc) is 3.22. The van der Waals surface area contributed by atoms with Crippen molar-refractivity contribution >= 4 is 17.7 Å². The summed E-state index contributed by atoms with van der Waals surface area (Å²) in [7, 11) is 5.35. The van der Waals surface area contributed by atoms with Crippen LogP contribution in [-0.4, -0.2) is 136 Å². The van der Waals surface area contributed by atoms with Gasteiger partial charge in [-0.2, -0.15) is 13.2 Å². The zero-order valence-electron chi connectivity index (χ0n) is 37.5. The predicted molar refractivity (Wildman–Crippen MR) is 225 cm³/mol. The molecule has 4 rings (SSSR count). The number of likely N-dealkylation sites (N-methyl/N-ethyl adjacent to an activating group) is 2. The molecule has 0 amide bonds. The van der Waals surface area contributed by atoms with Crippen LogP contribution in [0, 0.1) is 17.3 Å². The van der Waals surface area contributed by atoms with Crippen LogP contribution in [-0.2, 0) is 44.6 Å². The summed E-state index contributed by atoms with van der Waals surface area (Å²) in [6.07, 6.45) is -7.30. The fraction of sp³-hybridized carbons (Fsp3) is 0.674. The SMILES string of the molecule is CCN1C[C@H](C)C[C@@](C)(OC)[C@H](O[C@@H]2O[C@H](C)C[C@H](N(C)C)[C@H]2OC(=O)c2ccccc2)[C@@H](C)C(=O)C(C)(C)C(=O)OC[C@H]1C(CCNCC(F)(F)F)OCc1ccccc1. The number of hydrogen-bond donors (Lipinski definition) is 1. The van der Waals surface area contributed by atoms with E-state index in [9.17, 15) is 27.6 Å². The fourth-order valence-corrected chi connectivity index (χ4v) is 8.67. The molecular weight excluding hydrogens is 796 g/mol. The second kappa shape index (κ2) is 22.3. The van der Waals surface area contributed by atoms with Crippen molar-refractivity contribution in [2.75, 3.05) is 54.0 Å². The summed E-state index contributed by atoms with van der Waals surface area (Å²) in [5.74, 6) is -2.86. The number of Topliss-reactive ketones (excluding diaryl/α,β-unsaturated/α-hetero) is 1. The number of halogens is 3. The van der Waals surface area contributed by atoms with Crippen LogP contribution < -0.4 is 5.32 Å². The molecule has 2 fully saturated rings. The van der Waals surface area contributed by atoms with Crippen molar-refractivity contribution in [1.29, 1.82) is 0 Å². The summed E-state index contributed by atoms with van der Waals surface area (Å²) >= 11 is 0. The fourth-order valence-electron chi connectivity index (χ4n) is 8.67. The van der Waals surface area contributed by atoms with Crippen molar-refractivity contribution in [3.63, 3.8) is 0 Å². The molecule has 10 atom stereocenters. The number of alkyl halides is 3. The van der Waals surface area contributed by atoms with E-state index in [0.717, 1.165) is 5.56 Å². The van der Waals surface area contributed by atoms with E-state index in [-0.39, 0.29) is 44.2 Å². The van der Waals surface area contributed by atoms with Gasteiger partial charge in [0.15, 0.2) is 18.2 Å². The standard InChI is InChI=1S/C46H68F3N3O9/c1-11-52-26-30(2)25-45(7,56-10)40(61-42-38(35(51(8)9)24-31(3)59-42)60-41(54)34-20-16-13-17-21-34)32(4)39(53)44(5,6)43(55)58-28-36(52)37(22-23-50-29-46(47,48)49)57-27-33-18-14-12-15-19-33/h12-21,30-32,35-38,40,42,50H,11,22-29H2,1-10H3/t30-,31-,32+,35+,36+,37?,38-,40-,42+,45-/m1/s1. The van der Waals surface area contributed by atoms with E-state index in [1.54, 1.807) is 38.3 Å². The van der Waals surface area contributed by atoms with Crippen molar-refractivity contribution < 1.29 is 56.0 Å². The zero-order valence-corrected chi connectivity index (χ0v) is 37.5. The number of rotatable bonds is 15. The van der Waals surface area contributed by atoms with E-state index >= 15 is 0 Å². The minimum absolute atomic E-state index is 0.00301. The number of ether oxygens (including phenoxy) is 6. The second-order valence-electron chi connectivity index (χ2n) is 17.6.